The standard InChI is InChI=1S/C22H25ClFNO5/c1-13(2)10-16-19(25-21(26)14-6-4-5-7-15(14)22(25)27)18(24)11-17(23)20(16)30-12-29-9-8-28-3/h11H,1,4-10,12H2,2-3H3. The minimum absolute atomic E-state index is 0.0275. The zero-order valence-electron chi connectivity index (χ0n) is 17.2. The lowest BCUT2D eigenvalue weighted by atomic mass is 9.93. The van der Waals surface area contributed by atoms with Crippen LogP contribution in [0.2, 0.25) is 5.02 Å². The van der Waals surface area contributed by atoms with E-state index < -0.39 is 17.6 Å². The van der Waals surface area contributed by atoms with Crippen molar-refractivity contribution in [2.75, 3.05) is 32.0 Å². The molecule has 0 unspecified atom stereocenters. The van der Waals surface area contributed by atoms with E-state index in [1.807, 2.05) is 0 Å². The fourth-order valence-electron chi connectivity index (χ4n) is 3.75. The third-order valence-corrected chi connectivity index (χ3v) is 5.35. The second-order valence-corrected chi connectivity index (χ2v) is 7.81. The molecule has 1 aliphatic carbocycles. The molecule has 1 aromatic rings. The highest BCUT2D eigenvalue weighted by Crippen LogP contribution is 2.43. The first kappa shape index (κ1) is 22.5. The van der Waals surface area contributed by atoms with Gasteiger partial charge < -0.3 is 14.2 Å². The van der Waals surface area contributed by atoms with E-state index in [0.717, 1.165) is 23.8 Å². The van der Waals surface area contributed by atoms with E-state index >= 15 is 4.39 Å². The van der Waals surface area contributed by atoms with Crippen molar-refractivity contribution in [3.63, 3.8) is 0 Å². The van der Waals surface area contributed by atoms with Gasteiger partial charge >= 0.3 is 0 Å². The van der Waals surface area contributed by atoms with Crippen molar-refractivity contribution < 1.29 is 28.2 Å². The topological polar surface area (TPSA) is 65.1 Å². The Kier molecular flexibility index (Phi) is 7.28. The van der Waals surface area contributed by atoms with E-state index in [0.29, 0.717) is 48.3 Å². The Morgan fingerprint density at radius 2 is 1.83 bits per heavy atom. The van der Waals surface area contributed by atoms with Gasteiger partial charge in [-0.3, -0.25) is 9.59 Å². The number of carbonyl (C=O) groups is 2. The van der Waals surface area contributed by atoms with Gasteiger partial charge in [-0.2, -0.15) is 0 Å². The summed E-state index contributed by atoms with van der Waals surface area (Å²) < 4.78 is 31.0. The van der Waals surface area contributed by atoms with E-state index in [-0.39, 0.29) is 29.7 Å². The molecule has 0 aromatic heterocycles. The molecule has 0 radical (unpaired) electrons. The van der Waals surface area contributed by atoms with Crippen LogP contribution in [-0.4, -0.2) is 38.9 Å². The van der Waals surface area contributed by atoms with Crippen LogP contribution in [0.3, 0.4) is 0 Å². The van der Waals surface area contributed by atoms with Gasteiger partial charge in [-0.05, 0) is 45.1 Å². The van der Waals surface area contributed by atoms with E-state index in [4.69, 9.17) is 25.8 Å². The van der Waals surface area contributed by atoms with Gasteiger partial charge in [0.15, 0.2) is 6.79 Å². The van der Waals surface area contributed by atoms with E-state index in [9.17, 15) is 9.59 Å². The molecule has 1 aliphatic heterocycles. The predicted octanol–water partition coefficient (Wildman–Crippen LogP) is 4.34. The lowest BCUT2D eigenvalue weighted by Crippen LogP contribution is -2.33. The molecule has 8 heteroatoms. The van der Waals surface area contributed by atoms with Crippen molar-refractivity contribution in [1.29, 1.82) is 0 Å². The van der Waals surface area contributed by atoms with Crippen molar-refractivity contribution in [2.45, 2.75) is 39.0 Å². The number of allylic oxidation sites excluding steroid dienone is 1. The number of nitrogens with zero attached hydrogens (tertiary/aromatic N) is 1. The molecule has 0 atom stereocenters. The summed E-state index contributed by atoms with van der Waals surface area (Å²) in [5, 5.41) is 0.0275. The third-order valence-electron chi connectivity index (χ3n) is 5.07. The number of methoxy groups -OCH3 is 1. The first-order valence-corrected chi connectivity index (χ1v) is 10.2. The van der Waals surface area contributed by atoms with Gasteiger partial charge in [0, 0.05) is 23.8 Å². The highest BCUT2D eigenvalue weighted by Gasteiger charge is 2.42. The Hall–Kier alpha value is -2.22. The van der Waals surface area contributed by atoms with Crippen molar-refractivity contribution in [1.82, 2.24) is 0 Å². The molecule has 0 spiro atoms. The molecule has 2 aliphatic rings. The molecule has 0 saturated heterocycles. The average Bonchev–Trinajstić information content (AvgIpc) is 2.95. The number of anilines is 1. The Morgan fingerprint density at radius 1 is 1.20 bits per heavy atom. The third kappa shape index (κ3) is 4.43. The van der Waals surface area contributed by atoms with Crippen molar-refractivity contribution >= 4 is 29.1 Å². The number of rotatable bonds is 9. The molecular weight excluding hydrogens is 413 g/mol. The number of amides is 2. The van der Waals surface area contributed by atoms with Crippen LogP contribution in [0.4, 0.5) is 10.1 Å². The molecule has 0 N–H and O–H groups in total. The molecule has 30 heavy (non-hydrogen) atoms. The number of hydrogen-bond donors (Lipinski definition) is 0. The Labute approximate surface area is 180 Å². The second kappa shape index (κ2) is 9.73. The molecular formula is C22H25ClFNO5. The van der Waals surface area contributed by atoms with Gasteiger partial charge in [0.05, 0.1) is 23.9 Å². The van der Waals surface area contributed by atoms with Gasteiger partial charge in [0.2, 0.25) is 0 Å². The number of ether oxygens (including phenoxy) is 3. The zero-order valence-corrected chi connectivity index (χ0v) is 17.9. The van der Waals surface area contributed by atoms with Gasteiger partial charge in [-0.1, -0.05) is 23.8 Å². The molecule has 0 bridgehead atoms. The molecule has 0 fully saturated rings. The normalized spacial score (nSPS) is 16.3. The van der Waals surface area contributed by atoms with Crippen LogP contribution in [0, 0.1) is 5.82 Å². The van der Waals surface area contributed by atoms with Crippen LogP contribution in [0.25, 0.3) is 0 Å². The quantitative estimate of drug-likeness (QED) is 0.249. The van der Waals surface area contributed by atoms with E-state index in [2.05, 4.69) is 6.58 Å². The summed E-state index contributed by atoms with van der Waals surface area (Å²) in [5.74, 6) is -1.54. The summed E-state index contributed by atoms with van der Waals surface area (Å²) in [5.41, 5.74) is 1.82. The zero-order chi connectivity index (χ0) is 21.8. The lowest BCUT2D eigenvalue weighted by molar-refractivity contribution is -0.120. The van der Waals surface area contributed by atoms with Gasteiger partial charge in [0.25, 0.3) is 11.8 Å². The van der Waals surface area contributed by atoms with Crippen LogP contribution in [0.15, 0.2) is 29.4 Å². The van der Waals surface area contributed by atoms with Crippen molar-refractivity contribution in [2.24, 2.45) is 0 Å². The maximum absolute atomic E-state index is 15.1. The average molecular weight is 438 g/mol. The number of hydrogen-bond acceptors (Lipinski definition) is 5. The van der Waals surface area contributed by atoms with Crippen LogP contribution in [-0.2, 0) is 25.5 Å². The van der Waals surface area contributed by atoms with Crippen LogP contribution >= 0.6 is 11.6 Å². The monoisotopic (exact) mass is 437 g/mol. The molecule has 2 amide bonds. The summed E-state index contributed by atoms with van der Waals surface area (Å²) in [7, 11) is 1.55. The van der Waals surface area contributed by atoms with Gasteiger partial charge in [0.1, 0.15) is 11.6 Å². The van der Waals surface area contributed by atoms with E-state index in [1.54, 1.807) is 14.0 Å². The summed E-state index contributed by atoms with van der Waals surface area (Å²) >= 11 is 6.26. The maximum atomic E-state index is 15.1. The van der Waals surface area contributed by atoms with Crippen LogP contribution in [0.5, 0.6) is 5.75 Å². The highest BCUT2D eigenvalue weighted by atomic mass is 35.5. The lowest BCUT2D eigenvalue weighted by Gasteiger charge is -2.23. The number of benzene rings is 1. The minimum atomic E-state index is -0.759. The Bertz CT molecular complexity index is 883. The summed E-state index contributed by atoms with van der Waals surface area (Å²) in [6.07, 6.45) is 2.90. The van der Waals surface area contributed by atoms with Crippen molar-refractivity contribution in [3.8, 4) is 5.75 Å². The highest BCUT2D eigenvalue weighted by molar-refractivity contribution is 6.34. The maximum Gasteiger partial charge on any atom is 0.261 e. The predicted molar refractivity (Wildman–Crippen MR) is 111 cm³/mol. The Morgan fingerprint density at radius 3 is 2.40 bits per heavy atom. The fourth-order valence-corrected chi connectivity index (χ4v) is 4.01. The fraction of sp³-hybridized carbons (Fsp3) is 0.455. The molecule has 1 heterocycles. The number of halogens is 2. The number of carbonyl (C=O) groups excluding carboxylic acids is 2. The molecule has 6 nitrogen and oxygen atoms in total. The SMILES string of the molecule is C=C(C)Cc1c(OCOCCOC)c(Cl)cc(F)c1N1C(=O)C2=C(CCCC2)C1=O. The van der Waals surface area contributed by atoms with Crippen molar-refractivity contribution in [3.05, 3.63) is 45.8 Å². The molecule has 1 aromatic carbocycles. The molecule has 3 rings (SSSR count). The smallest absolute Gasteiger partial charge is 0.261 e. The number of imide groups is 1. The summed E-state index contributed by atoms with van der Waals surface area (Å²) in [6.45, 7) is 6.19. The van der Waals surface area contributed by atoms with Crippen LogP contribution in [0.1, 0.15) is 38.2 Å². The Balaban J connectivity index is 2.01. The summed E-state index contributed by atoms with van der Waals surface area (Å²) in [4.78, 5) is 27.0. The first-order chi connectivity index (χ1) is 14.4. The largest absolute Gasteiger partial charge is 0.466 e. The van der Waals surface area contributed by atoms with Gasteiger partial charge in [-0.25, -0.2) is 9.29 Å². The van der Waals surface area contributed by atoms with E-state index in [1.165, 1.54) is 0 Å². The summed E-state index contributed by atoms with van der Waals surface area (Å²) in [6, 6.07) is 1.06. The molecule has 162 valence electrons. The second-order valence-electron chi connectivity index (χ2n) is 7.40. The van der Waals surface area contributed by atoms with Crippen LogP contribution < -0.4 is 9.64 Å². The molecule has 0 saturated carbocycles. The van der Waals surface area contributed by atoms with Gasteiger partial charge in [-0.15, -0.1) is 0 Å². The first-order valence-electron chi connectivity index (χ1n) is 9.82. The minimum Gasteiger partial charge on any atom is -0.466 e.